The molecule has 0 radical (unpaired) electrons. The van der Waals surface area contributed by atoms with Crippen LogP contribution in [0.2, 0.25) is 0 Å². The van der Waals surface area contributed by atoms with Crippen molar-refractivity contribution in [3.63, 3.8) is 0 Å². The van der Waals surface area contributed by atoms with Gasteiger partial charge in [0.2, 0.25) is 5.91 Å². The Kier molecular flexibility index (Phi) is 5.14. The van der Waals surface area contributed by atoms with Crippen molar-refractivity contribution in [2.45, 2.75) is 0 Å². The number of aromatic nitrogens is 1. The molecule has 4 rings (SSSR count). The second kappa shape index (κ2) is 7.75. The van der Waals surface area contributed by atoms with Gasteiger partial charge in [0.15, 0.2) is 0 Å². The van der Waals surface area contributed by atoms with Gasteiger partial charge in [-0.25, -0.2) is 0 Å². The summed E-state index contributed by atoms with van der Waals surface area (Å²) in [4.78, 5) is 58.3. The molecule has 2 aromatic rings. The molecule has 4 amide bonds. The summed E-state index contributed by atoms with van der Waals surface area (Å²) in [5.41, 5.74) is 1.10. The van der Waals surface area contributed by atoms with Crippen LogP contribution < -0.4 is 0 Å². The average Bonchev–Trinajstić information content (AvgIpc) is 2.98. The summed E-state index contributed by atoms with van der Waals surface area (Å²) < 4.78 is 0.694. The van der Waals surface area contributed by atoms with Crippen LogP contribution in [0, 0.1) is 0 Å². The standard InChI is InChI=1S/C20H17BrN4O4/c21-14-3-4-15-16(10-14)20(29)25(19(15)28)12-17(26)23-6-8-24(9-7-23)18(27)13-2-1-5-22-11-13/h1-5,10-11H,6-9,12H2. The van der Waals surface area contributed by atoms with Crippen LogP contribution in [0.25, 0.3) is 0 Å². The molecule has 0 bridgehead atoms. The minimum absolute atomic E-state index is 0.129. The lowest BCUT2D eigenvalue weighted by molar-refractivity contribution is -0.132. The molecule has 3 heterocycles. The predicted molar refractivity (Wildman–Crippen MR) is 106 cm³/mol. The van der Waals surface area contributed by atoms with Crippen molar-refractivity contribution < 1.29 is 19.2 Å². The molecule has 0 aliphatic carbocycles. The van der Waals surface area contributed by atoms with E-state index in [1.54, 1.807) is 46.3 Å². The van der Waals surface area contributed by atoms with Crippen molar-refractivity contribution >= 4 is 39.6 Å². The van der Waals surface area contributed by atoms with E-state index in [9.17, 15) is 19.2 Å². The van der Waals surface area contributed by atoms with Crippen molar-refractivity contribution in [2.75, 3.05) is 32.7 Å². The lowest BCUT2D eigenvalue weighted by Crippen LogP contribution is -2.53. The molecule has 8 nitrogen and oxygen atoms in total. The van der Waals surface area contributed by atoms with E-state index in [4.69, 9.17) is 0 Å². The Morgan fingerprint density at radius 1 is 0.966 bits per heavy atom. The lowest BCUT2D eigenvalue weighted by Gasteiger charge is -2.35. The van der Waals surface area contributed by atoms with E-state index in [1.165, 1.54) is 6.20 Å². The number of halogens is 1. The van der Waals surface area contributed by atoms with Crippen LogP contribution in [0.15, 0.2) is 47.2 Å². The number of piperazine rings is 1. The average molecular weight is 457 g/mol. The molecule has 1 saturated heterocycles. The fourth-order valence-corrected chi connectivity index (χ4v) is 3.83. The number of carbonyl (C=O) groups is 4. The minimum atomic E-state index is -0.468. The molecular formula is C20H17BrN4O4. The molecule has 0 unspecified atom stereocenters. The number of nitrogens with zero attached hydrogens (tertiary/aromatic N) is 4. The maximum absolute atomic E-state index is 12.7. The van der Waals surface area contributed by atoms with Crippen LogP contribution in [0.1, 0.15) is 31.1 Å². The fraction of sp³-hybridized carbons (Fsp3) is 0.250. The van der Waals surface area contributed by atoms with E-state index < -0.39 is 11.8 Å². The summed E-state index contributed by atoms with van der Waals surface area (Å²) >= 11 is 3.29. The van der Waals surface area contributed by atoms with Crippen molar-refractivity contribution in [2.24, 2.45) is 0 Å². The summed E-state index contributed by atoms with van der Waals surface area (Å²) in [6.07, 6.45) is 3.12. The van der Waals surface area contributed by atoms with Gasteiger partial charge in [-0.2, -0.15) is 0 Å². The number of pyridine rings is 1. The first-order valence-electron chi connectivity index (χ1n) is 9.08. The Bertz CT molecular complexity index is 1000. The van der Waals surface area contributed by atoms with Gasteiger partial charge in [-0.1, -0.05) is 15.9 Å². The summed E-state index contributed by atoms with van der Waals surface area (Å²) in [5.74, 6) is -1.37. The Hall–Kier alpha value is -3.07. The van der Waals surface area contributed by atoms with Crippen molar-refractivity contribution in [1.29, 1.82) is 0 Å². The molecule has 0 atom stereocenters. The normalized spacial score (nSPS) is 16.2. The Labute approximate surface area is 175 Å². The first-order chi connectivity index (χ1) is 14.0. The van der Waals surface area contributed by atoms with E-state index in [-0.39, 0.29) is 18.4 Å². The van der Waals surface area contributed by atoms with Gasteiger partial charge in [-0.05, 0) is 30.3 Å². The van der Waals surface area contributed by atoms with Gasteiger partial charge in [0.1, 0.15) is 6.54 Å². The van der Waals surface area contributed by atoms with E-state index >= 15 is 0 Å². The molecule has 29 heavy (non-hydrogen) atoms. The van der Waals surface area contributed by atoms with Crippen LogP contribution >= 0.6 is 15.9 Å². The summed E-state index contributed by atoms with van der Waals surface area (Å²) in [7, 11) is 0. The Morgan fingerprint density at radius 3 is 2.34 bits per heavy atom. The van der Waals surface area contributed by atoms with Crippen LogP contribution in [-0.4, -0.2) is 76.0 Å². The van der Waals surface area contributed by atoms with Crippen LogP contribution in [0.3, 0.4) is 0 Å². The number of fused-ring (bicyclic) bond motifs is 1. The molecule has 0 saturated carbocycles. The van der Waals surface area contributed by atoms with Crippen molar-refractivity contribution in [3.8, 4) is 0 Å². The number of rotatable bonds is 3. The molecule has 9 heteroatoms. The zero-order valence-electron chi connectivity index (χ0n) is 15.4. The predicted octanol–water partition coefficient (Wildman–Crippen LogP) is 1.42. The Morgan fingerprint density at radius 2 is 1.66 bits per heavy atom. The van der Waals surface area contributed by atoms with Gasteiger partial charge in [0, 0.05) is 43.0 Å². The first-order valence-corrected chi connectivity index (χ1v) is 9.88. The molecule has 0 N–H and O–H groups in total. The fourth-order valence-electron chi connectivity index (χ4n) is 3.47. The van der Waals surface area contributed by atoms with Crippen LogP contribution in [0.5, 0.6) is 0 Å². The topological polar surface area (TPSA) is 90.9 Å². The number of imide groups is 1. The third kappa shape index (κ3) is 3.65. The summed E-state index contributed by atoms with van der Waals surface area (Å²) in [5, 5.41) is 0. The van der Waals surface area contributed by atoms with E-state index in [0.29, 0.717) is 47.3 Å². The van der Waals surface area contributed by atoms with Gasteiger partial charge in [-0.15, -0.1) is 0 Å². The number of hydrogen-bond donors (Lipinski definition) is 0. The maximum atomic E-state index is 12.7. The van der Waals surface area contributed by atoms with Gasteiger partial charge >= 0.3 is 0 Å². The van der Waals surface area contributed by atoms with Crippen molar-refractivity contribution in [3.05, 3.63) is 63.9 Å². The largest absolute Gasteiger partial charge is 0.338 e. The lowest BCUT2D eigenvalue weighted by atomic mass is 10.1. The monoisotopic (exact) mass is 456 g/mol. The van der Waals surface area contributed by atoms with Crippen molar-refractivity contribution in [1.82, 2.24) is 19.7 Å². The van der Waals surface area contributed by atoms with Gasteiger partial charge in [0.05, 0.1) is 16.7 Å². The summed E-state index contributed by atoms with van der Waals surface area (Å²) in [6, 6.07) is 8.25. The molecular weight excluding hydrogens is 440 g/mol. The third-order valence-electron chi connectivity index (χ3n) is 5.05. The highest BCUT2D eigenvalue weighted by Gasteiger charge is 2.38. The molecule has 0 spiro atoms. The number of hydrogen-bond acceptors (Lipinski definition) is 5. The second-order valence-corrected chi connectivity index (χ2v) is 7.72. The van der Waals surface area contributed by atoms with Gasteiger partial charge in [0.25, 0.3) is 17.7 Å². The quantitative estimate of drug-likeness (QED) is 0.651. The van der Waals surface area contributed by atoms with Gasteiger partial charge in [-0.3, -0.25) is 29.1 Å². The highest BCUT2D eigenvalue weighted by atomic mass is 79.9. The Balaban J connectivity index is 1.37. The summed E-state index contributed by atoms with van der Waals surface area (Å²) in [6.45, 7) is 1.16. The first kappa shape index (κ1) is 19.3. The zero-order valence-corrected chi connectivity index (χ0v) is 17.0. The molecule has 1 aromatic heterocycles. The van der Waals surface area contributed by atoms with Gasteiger partial charge < -0.3 is 9.80 Å². The third-order valence-corrected chi connectivity index (χ3v) is 5.55. The second-order valence-electron chi connectivity index (χ2n) is 6.80. The molecule has 1 fully saturated rings. The highest BCUT2D eigenvalue weighted by molar-refractivity contribution is 9.10. The number of amides is 4. The van der Waals surface area contributed by atoms with E-state index in [1.807, 2.05) is 0 Å². The van der Waals surface area contributed by atoms with Crippen LogP contribution in [-0.2, 0) is 4.79 Å². The zero-order chi connectivity index (χ0) is 20.5. The smallest absolute Gasteiger partial charge is 0.262 e. The maximum Gasteiger partial charge on any atom is 0.262 e. The molecule has 2 aliphatic heterocycles. The number of carbonyl (C=O) groups excluding carboxylic acids is 4. The minimum Gasteiger partial charge on any atom is -0.338 e. The highest BCUT2D eigenvalue weighted by Crippen LogP contribution is 2.26. The van der Waals surface area contributed by atoms with E-state index in [0.717, 1.165) is 4.90 Å². The SMILES string of the molecule is O=C(CN1C(=O)c2ccc(Br)cc2C1=O)N1CCN(C(=O)c2cccnc2)CC1. The van der Waals surface area contributed by atoms with Crippen LogP contribution in [0.4, 0.5) is 0 Å². The number of benzene rings is 1. The molecule has 1 aromatic carbocycles. The van der Waals surface area contributed by atoms with E-state index in [2.05, 4.69) is 20.9 Å². The molecule has 2 aliphatic rings. The molecule has 148 valence electrons.